The lowest BCUT2D eigenvalue weighted by molar-refractivity contribution is -0.176. The average molecular weight is 68.0 g/mol. The molecule has 0 spiro atoms. The van der Waals surface area contributed by atoms with Crippen LogP contribution in [0.3, 0.4) is 0 Å². The second kappa shape index (κ2) is 376. The monoisotopic (exact) mass is 68.0 g/mol. The molecule has 4 nitrogen and oxygen atoms in total. The highest BCUT2D eigenvalue weighted by molar-refractivity contribution is 1.83. The van der Waals surface area contributed by atoms with Crippen molar-refractivity contribution in [3.05, 3.63) is 0 Å². The Balaban J connectivity index is 0. The number of hydrogen-bond acceptors (Lipinski definition) is 4. The second-order valence-electron chi connectivity index (χ2n) is 0. The molecule has 0 aromatic heterocycles. The van der Waals surface area contributed by atoms with Crippen LogP contribution in [0, 0.1) is 0 Å². The summed E-state index contributed by atoms with van der Waals surface area (Å²) in [6.45, 7) is 0. The van der Waals surface area contributed by atoms with Gasteiger partial charge in [0, 0.05) is 0 Å². The molecule has 0 saturated heterocycles. The van der Waals surface area contributed by atoms with Crippen LogP contribution in [0.2, 0.25) is 0 Å². The Morgan fingerprint density at radius 2 is 0.500 bits per heavy atom. The third-order valence-electron chi connectivity index (χ3n) is 0. The van der Waals surface area contributed by atoms with E-state index in [0.717, 1.165) is 0 Å². The first-order valence-electron chi connectivity index (χ1n) is 0.400. The van der Waals surface area contributed by atoms with E-state index in [1.807, 2.05) is 0 Å². The maximum absolute atomic E-state index is 6.00. The molecule has 0 aromatic carbocycles. The van der Waals surface area contributed by atoms with Crippen LogP contribution < -0.4 is 0 Å². The van der Waals surface area contributed by atoms with Gasteiger partial charge in [-0.1, -0.05) is 0 Å². The van der Waals surface area contributed by atoms with Gasteiger partial charge in [-0.25, -0.2) is 0 Å². The molecule has 28 valence electrons. The minimum Gasteiger partial charge on any atom is -0.255 e. The van der Waals surface area contributed by atoms with Crippen LogP contribution in [0.1, 0.15) is 0 Å². The summed E-state index contributed by atoms with van der Waals surface area (Å²) in [5, 5.41) is 24.0. The van der Waals surface area contributed by atoms with Crippen molar-refractivity contribution < 1.29 is 21.0 Å². The van der Waals surface area contributed by atoms with Crippen molar-refractivity contribution in [2.45, 2.75) is 0 Å². The van der Waals surface area contributed by atoms with E-state index in [2.05, 4.69) is 0 Å². The van der Waals surface area contributed by atoms with Crippen molar-refractivity contribution in [2.24, 2.45) is 0 Å². The molecular formula is H4O4. The molecule has 0 heterocycles. The highest BCUT2D eigenvalue weighted by Gasteiger charge is 0.747. The van der Waals surface area contributed by atoms with Crippen molar-refractivity contribution in [3.8, 4) is 0 Å². The fourth-order valence-corrected chi connectivity index (χ4v) is 0. The Bertz CT molecular complexity index is 0. The molecule has 0 aliphatic rings. The van der Waals surface area contributed by atoms with Crippen LogP contribution >= 0.6 is 0 Å². The Kier molecular flexibility index (Phi) is 859. The van der Waals surface area contributed by atoms with Gasteiger partial charge in [0.1, 0.15) is 0 Å². The van der Waals surface area contributed by atoms with E-state index < -0.39 is 0 Å². The predicted octanol–water partition coefficient (Wildman–Crippen LogP) is 0.0348. The van der Waals surface area contributed by atoms with Gasteiger partial charge < -0.3 is 0 Å². The van der Waals surface area contributed by atoms with Gasteiger partial charge in [0.2, 0.25) is 0 Å². The normalized spacial score (nSPS) is 3.00. The molecule has 0 aromatic rings. The van der Waals surface area contributed by atoms with E-state index in [4.69, 9.17) is 21.0 Å². The molecule has 0 aliphatic heterocycles. The van der Waals surface area contributed by atoms with Gasteiger partial charge in [0.15, 0.2) is 0 Å². The van der Waals surface area contributed by atoms with Crippen molar-refractivity contribution in [3.63, 3.8) is 0 Å². The maximum Gasteiger partial charge on any atom is -0.255 e. The van der Waals surface area contributed by atoms with Crippen molar-refractivity contribution >= 4 is 0 Å². The standard InChI is InChI=1S/2H2O2/c2*1-2/h2*1-2H. The van der Waals surface area contributed by atoms with E-state index in [-0.39, 0.29) is 0 Å². The lowest BCUT2D eigenvalue weighted by atomic mass is 15.0. The maximum atomic E-state index is 6.00. The van der Waals surface area contributed by atoms with Gasteiger partial charge in [-0.2, -0.15) is 0 Å². The summed E-state index contributed by atoms with van der Waals surface area (Å²) in [5.74, 6) is 0. The lowest BCUT2D eigenvalue weighted by Gasteiger charge is -1.25. The van der Waals surface area contributed by atoms with Crippen LogP contribution in [0.15, 0.2) is 0 Å². The summed E-state index contributed by atoms with van der Waals surface area (Å²) in [6, 6.07) is 0. The molecular weight excluding hydrogens is 64.0 g/mol. The zero-order valence-corrected chi connectivity index (χ0v) is 1.79. The largest absolute Gasteiger partial charge is 0.255 e. The van der Waals surface area contributed by atoms with Gasteiger partial charge in [-0.3, -0.25) is 21.0 Å². The second-order valence-corrected chi connectivity index (χ2v) is 0. The Hall–Kier alpha value is -0.160. The van der Waals surface area contributed by atoms with Gasteiger partial charge >= 0.3 is 0 Å². The SMILES string of the molecule is OO.OO. The highest BCUT2D eigenvalue weighted by Crippen LogP contribution is 0.713. The van der Waals surface area contributed by atoms with Gasteiger partial charge in [-0.05, 0) is 0 Å². The third kappa shape index (κ3) is 50.7. The minimum absolute atomic E-state index is 6.00. The third-order valence-corrected chi connectivity index (χ3v) is 0. The number of hydrogen-bond donors (Lipinski definition) is 4. The van der Waals surface area contributed by atoms with Crippen LogP contribution in [-0.2, 0) is 0 Å². The molecule has 4 heteroatoms. The van der Waals surface area contributed by atoms with Gasteiger partial charge in [0.05, 0.1) is 0 Å². The van der Waals surface area contributed by atoms with Crippen LogP contribution in [0.5, 0.6) is 0 Å². The van der Waals surface area contributed by atoms with Crippen molar-refractivity contribution in [2.75, 3.05) is 0 Å². The summed E-state index contributed by atoms with van der Waals surface area (Å²) in [4.78, 5) is 0. The van der Waals surface area contributed by atoms with Crippen LogP contribution in [0.25, 0.3) is 0 Å². The number of rotatable bonds is 0. The molecule has 0 fully saturated rings. The Morgan fingerprint density at radius 3 is 0.500 bits per heavy atom. The smallest absolute Gasteiger partial charge is 0.255 e. The predicted molar refractivity (Wildman–Crippen MR) is 10.5 cm³/mol. The zero-order chi connectivity index (χ0) is 4.00. The van der Waals surface area contributed by atoms with Gasteiger partial charge in [-0.15, -0.1) is 0 Å². The molecule has 0 saturated carbocycles. The molecule has 0 bridgehead atoms. The summed E-state index contributed by atoms with van der Waals surface area (Å²) in [7, 11) is 0. The van der Waals surface area contributed by atoms with Crippen molar-refractivity contribution in [1.29, 1.82) is 0 Å². The molecule has 4 N–H and O–H groups in total. The molecule has 0 unspecified atom stereocenters. The summed E-state index contributed by atoms with van der Waals surface area (Å²) >= 11 is 0. The highest BCUT2D eigenvalue weighted by atomic mass is 17.0. The summed E-state index contributed by atoms with van der Waals surface area (Å²) < 4.78 is 0. The first kappa shape index (κ1) is 9.15. The van der Waals surface area contributed by atoms with E-state index in [1.165, 1.54) is 0 Å². The summed E-state index contributed by atoms with van der Waals surface area (Å²) in [5.41, 5.74) is 0. The molecule has 4 heavy (non-hydrogen) atoms. The average Bonchev–Trinajstić information content (AvgIpc) is 1.50. The van der Waals surface area contributed by atoms with Crippen LogP contribution in [-0.4, -0.2) is 21.0 Å². The minimum atomic E-state index is 6.00. The van der Waals surface area contributed by atoms with E-state index >= 15 is 0 Å². The topological polar surface area (TPSA) is 80.9 Å². The van der Waals surface area contributed by atoms with Crippen molar-refractivity contribution in [1.82, 2.24) is 0 Å². The zero-order valence-electron chi connectivity index (χ0n) is 1.79. The fourth-order valence-electron chi connectivity index (χ4n) is 0. The molecule has 0 radical (unpaired) electrons. The van der Waals surface area contributed by atoms with Crippen LogP contribution in [0.4, 0.5) is 0 Å². The molecule has 0 aliphatic carbocycles. The first-order valence-corrected chi connectivity index (χ1v) is 0.400. The molecule has 0 amide bonds. The lowest BCUT2D eigenvalue weighted by Crippen LogP contribution is -1.29. The van der Waals surface area contributed by atoms with E-state index in [1.54, 1.807) is 0 Å². The Labute approximate surface area is 22.4 Å². The molecule has 0 rings (SSSR count). The fraction of sp³-hybridized carbons (Fsp3) is 0. The summed E-state index contributed by atoms with van der Waals surface area (Å²) in [6.07, 6.45) is 0. The van der Waals surface area contributed by atoms with E-state index in [9.17, 15) is 0 Å². The van der Waals surface area contributed by atoms with E-state index in [0.29, 0.717) is 0 Å². The quantitative estimate of drug-likeness (QED) is 0.238. The Morgan fingerprint density at radius 1 is 0.500 bits per heavy atom. The van der Waals surface area contributed by atoms with Gasteiger partial charge in [0.25, 0.3) is 0 Å². The molecule has 0 atom stereocenters. The first-order chi connectivity index (χ1) is 2.00.